The molecule has 0 aromatic heterocycles. The van der Waals surface area contributed by atoms with Gasteiger partial charge in [0, 0.05) is 5.56 Å². The average molecular weight is 243 g/mol. The summed E-state index contributed by atoms with van der Waals surface area (Å²) in [4.78, 5) is 10.7. The molecule has 2 N–H and O–H groups in total. The SMILES string of the molecule is Cc1cc(OC(C)C)ccc1C(F)(F)C(N)=O. The molecule has 0 fully saturated rings. The molecule has 0 unspecified atom stereocenters. The van der Waals surface area contributed by atoms with Crippen molar-refractivity contribution >= 4 is 5.91 Å². The van der Waals surface area contributed by atoms with Gasteiger partial charge in [-0.15, -0.1) is 0 Å². The molecule has 3 nitrogen and oxygen atoms in total. The third-order valence-electron chi connectivity index (χ3n) is 2.22. The highest BCUT2D eigenvalue weighted by atomic mass is 19.3. The van der Waals surface area contributed by atoms with Crippen molar-refractivity contribution in [3.8, 4) is 5.75 Å². The largest absolute Gasteiger partial charge is 0.491 e. The molecular weight excluding hydrogens is 228 g/mol. The highest BCUT2D eigenvalue weighted by Crippen LogP contribution is 2.32. The first kappa shape index (κ1) is 13.4. The van der Waals surface area contributed by atoms with Crippen molar-refractivity contribution in [1.82, 2.24) is 0 Å². The van der Waals surface area contributed by atoms with Gasteiger partial charge in [-0.25, -0.2) is 0 Å². The first-order valence-electron chi connectivity index (χ1n) is 5.20. The fraction of sp³-hybridized carbons (Fsp3) is 0.417. The number of aryl methyl sites for hydroxylation is 1. The van der Waals surface area contributed by atoms with Crippen LogP contribution in [-0.2, 0) is 10.7 Å². The zero-order valence-corrected chi connectivity index (χ0v) is 9.96. The Balaban J connectivity index is 3.10. The van der Waals surface area contributed by atoms with Crippen LogP contribution in [0.4, 0.5) is 8.78 Å². The van der Waals surface area contributed by atoms with Crippen LogP contribution in [0.1, 0.15) is 25.0 Å². The number of hydrogen-bond donors (Lipinski definition) is 1. The lowest BCUT2D eigenvalue weighted by molar-refractivity contribution is -0.143. The minimum absolute atomic E-state index is 0.0445. The third kappa shape index (κ3) is 2.93. The van der Waals surface area contributed by atoms with E-state index in [-0.39, 0.29) is 17.2 Å². The van der Waals surface area contributed by atoms with E-state index in [4.69, 9.17) is 4.74 Å². The number of ether oxygens (including phenoxy) is 1. The Bertz CT molecular complexity index is 431. The number of amides is 1. The molecule has 0 spiro atoms. The quantitative estimate of drug-likeness (QED) is 0.882. The minimum atomic E-state index is -3.65. The Morgan fingerprint density at radius 1 is 1.41 bits per heavy atom. The van der Waals surface area contributed by atoms with Crippen molar-refractivity contribution in [1.29, 1.82) is 0 Å². The van der Waals surface area contributed by atoms with E-state index in [1.54, 1.807) is 0 Å². The molecular formula is C12H15F2NO2. The molecule has 1 amide bonds. The van der Waals surface area contributed by atoms with Crippen molar-refractivity contribution < 1.29 is 18.3 Å². The van der Waals surface area contributed by atoms with E-state index >= 15 is 0 Å². The van der Waals surface area contributed by atoms with Crippen molar-refractivity contribution in [3.63, 3.8) is 0 Å². The molecule has 1 aromatic carbocycles. The number of rotatable bonds is 4. The van der Waals surface area contributed by atoms with Crippen LogP contribution in [0.25, 0.3) is 0 Å². The van der Waals surface area contributed by atoms with Crippen molar-refractivity contribution in [2.24, 2.45) is 5.73 Å². The zero-order valence-electron chi connectivity index (χ0n) is 9.96. The number of hydrogen-bond acceptors (Lipinski definition) is 2. The van der Waals surface area contributed by atoms with E-state index < -0.39 is 11.8 Å². The van der Waals surface area contributed by atoms with Gasteiger partial charge in [0.15, 0.2) is 0 Å². The standard InChI is InChI=1S/C12H15F2NO2/c1-7(2)17-9-4-5-10(8(3)6-9)12(13,14)11(15)16/h4-7H,1-3H3,(H2,15,16). The van der Waals surface area contributed by atoms with Gasteiger partial charge in [0.2, 0.25) is 0 Å². The van der Waals surface area contributed by atoms with Crippen LogP contribution >= 0.6 is 0 Å². The fourth-order valence-corrected chi connectivity index (χ4v) is 1.47. The number of carbonyl (C=O) groups excluding carboxylic acids is 1. The number of benzene rings is 1. The van der Waals surface area contributed by atoms with Crippen LogP contribution in [0.3, 0.4) is 0 Å². The number of carbonyl (C=O) groups is 1. The molecule has 0 aliphatic carbocycles. The topological polar surface area (TPSA) is 52.3 Å². The van der Waals surface area contributed by atoms with Gasteiger partial charge in [-0.1, -0.05) is 0 Å². The molecule has 0 saturated carbocycles. The predicted octanol–water partition coefficient (Wildman–Crippen LogP) is 2.36. The average Bonchev–Trinajstić information content (AvgIpc) is 2.15. The Morgan fingerprint density at radius 3 is 2.41 bits per heavy atom. The van der Waals surface area contributed by atoms with Crippen molar-refractivity contribution in [3.05, 3.63) is 29.3 Å². The van der Waals surface area contributed by atoms with E-state index in [2.05, 4.69) is 5.73 Å². The fourth-order valence-electron chi connectivity index (χ4n) is 1.47. The smallest absolute Gasteiger partial charge is 0.349 e. The number of alkyl halides is 2. The van der Waals surface area contributed by atoms with Crippen LogP contribution in [0, 0.1) is 6.92 Å². The van der Waals surface area contributed by atoms with Gasteiger partial charge in [0.05, 0.1) is 6.10 Å². The molecule has 0 saturated heterocycles. The highest BCUT2D eigenvalue weighted by Gasteiger charge is 2.40. The van der Waals surface area contributed by atoms with Gasteiger partial charge in [-0.3, -0.25) is 4.79 Å². The molecule has 0 radical (unpaired) electrons. The van der Waals surface area contributed by atoms with E-state index in [1.807, 2.05) is 13.8 Å². The molecule has 0 aliphatic rings. The monoisotopic (exact) mass is 243 g/mol. The minimum Gasteiger partial charge on any atom is -0.491 e. The first-order chi connectivity index (χ1) is 7.75. The number of halogens is 2. The molecule has 1 rings (SSSR count). The molecule has 5 heteroatoms. The Hall–Kier alpha value is -1.65. The Kier molecular flexibility index (Phi) is 3.70. The lowest BCUT2D eigenvalue weighted by atomic mass is 10.0. The highest BCUT2D eigenvalue weighted by molar-refractivity contribution is 5.83. The number of nitrogens with two attached hydrogens (primary N) is 1. The maximum atomic E-state index is 13.4. The summed E-state index contributed by atoms with van der Waals surface area (Å²) in [6.45, 7) is 5.15. The molecule has 1 aromatic rings. The second-order valence-corrected chi connectivity index (χ2v) is 4.08. The summed E-state index contributed by atoms with van der Waals surface area (Å²) in [5.41, 5.74) is 4.55. The second kappa shape index (κ2) is 4.69. The molecule has 94 valence electrons. The van der Waals surface area contributed by atoms with Crippen LogP contribution in [0.5, 0.6) is 5.75 Å². The Morgan fingerprint density at radius 2 is 2.00 bits per heavy atom. The van der Waals surface area contributed by atoms with Gasteiger partial charge in [-0.05, 0) is 44.5 Å². The van der Waals surface area contributed by atoms with E-state index in [1.165, 1.54) is 19.1 Å². The van der Waals surface area contributed by atoms with Gasteiger partial charge in [0.1, 0.15) is 5.75 Å². The Labute approximate surface area is 98.6 Å². The normalized spacial score (nSPS) is 11.6. The summed E-state index contributed by atoms with van der Waals surface area (Å²) in [6.07, 6.45) is -0.0445. The van der Waals surface area contributed by atoms with E-state index in [0.29, 0.717) is 5.75 Å². The van der Waals surface area contributed by atoms with Gasteiger partial charge < -0.3 is 10.5 Å². The predicted molar refractivity (Wildman–Crippen MR) is 60.0 cm³/mol. The first-order valence-corrected chi connectivity index (χ1v) is 5.20. The van der Waals surface area contributed by atoms with Crippen molar-refractivity contribution in [2.45, 2.75) is 32.8 Å². The molecule has 0 atom stereocenters. The van der Waals surface area contributed by atoms with Crippen LogP contribution < -0.4 is 10.5 Å². The lowest BCUT2D eigenvalue weighted by Gasteiger charge is -2.17. The molecule has 0 aliphatic heterocycles. The maximum absolute atomic E-state index is 13.4. The van der Waals surface area contributed by atoms with Gasteiger partial charge >= 0.3 is 5.92 Å². The van der Waals surface area contributed by atoms with Crippen LogP contribution in [0.15, 0.2) is 18.2 Å². The third-order valence-corrected chi connectivity index (χ3v) is 2.22. The van der Waals surface area contributed by atoms with E-state index in [0.717, 1.165) is 6.07 Å². The summed E-state index contributed by atoms with van der Waals surface area (Å²) < 4.78 is 32.2. The van der Waals surface area contributed by atoms with Gasteiger partial charge in [-0.2, -0.15) is 8.78 Å². The molecule has 17 heavy (non-hydrogen) atoms. The summed E-state index contributed by atoms with van der Waals surface area (Å²) >= 11 is 0. The summed E-state index contributed by atoms with van der Waals surface area (Å²) in [6, 6.07) is 4.03. The summed E-state index contributed by atoms with van der Waals surface area (Å²) in [7, 11) is 0. The number of primary amides is 1. The van der Waals surface area contributed by atoms with Crippen LogP contribution in [0.2, 0.25) is 0 Å². The lowest BCUT2D eigenvalue weighted by Crippen LogP contribution is -2.33. The summed E-state index contributed by atoms with van der Waals surface area (Å²) in [5.74, 6) is -4.82. The van der Waals surface area contributed by atoms with Gasteiger partial charge in [0.25, 0.3) is 5.91 Å². The van der Waals surface area contributed by atoms with E-state index in [9.17, 15) is 13.6 Å². The zero-order chi connectivity index (χ0) is 13.2. The maximum Gasteiger partial charge on any atom is 0.349 e. The van der Waals surface area contributed by atoms with Crippen molar-refractivity contribution in [2.75, 3.05) is 0 Å². The molecule has 0 bridgehead atoms. The summed E-state index contributed by atoms with van der Waals surface area (Å²) in [5, 5.41) is 0. The van der Waals surface area contributed by atoms with Crippen LogP contribution in [-0.4, -0.2) is 12.0 Å². The molecule has 0 heterocycles. The second-order valence-electron chi connectivity index (χ2n) is 4.08.